The van der Waals surface area contributed by atoms with Crippen molar-refractivity contribution in [3.05, 3.63) is 115 Å². The molecule has 0 bridgehead atoms. The lowest BCUT2D eigenvalue weighted by Gasteiger charge is -2.25. The van der Waals surface area contributed by atoms with Crippen molar-refractivity contribution in [3.63, 3.8) is 0 Å². The number of carbonyl (C=O) groups is 1. The molecule has 0 unspecified atom stereocenters. The fourth-order valence-corrected chi connectivity index (χ4v) is 5.14. The molecule has 35 heavy (non-hydrogen) atoms. The second-order valence-corrected chi connectivity index (χ2v) is 8.92. The highest BCUT2D eigenvalue weighted by molar-refractivity contribution is 7.07. The Labute approximate surface area is 203 Å². The average Bonchev–Trinajstić information content (AvgIpc) is 3.48. The van der Waals surface area contributed by atoms with Gasteiger partial charge in [-0.3, -0.25) is 9.36 Å². The first-order valence-electron chi connectivity index (χ1n) is 11.0. The summed E-state index contributed by atoms with van der Waals surface area (Å²) in [6.07, 6.45) is 2.17. The van der Waals surface area contributed by atoms with Gasteiger partial charge in [-0.25, -0.2) is 14.2 Å². The molecule has 5 rings (SSSR count). The molecule has 0 saturated carbocycles. The first-order chi connectivity index (χ1) is 17.0. The standard InChI is InChI=1S/C27H21FN2O4S/c1-3-20-23(26(32)33-2)24(17-7-5-4-6-8-17)30-25(31)22(35-27(30)29-20)15-19-13-14-21(34-19)16-9-11-18(28)12-10-16/h4-15,24H,3H2,1-2H3/b22-15-/t24-/m1/s1. The molecule has 176 valence electrons. The average molecular weight is 489 g/mol. The van der Waals surface area contributed by atoms with Gasteiger partial charge in [0.05, 0.1) is 29.0 Å². The zero-order valence-corrected chi connectivity index (χ0v) is 19.8. The molecule has 8 heteroatoms. The summed E-state index contributed by atoms with van der Waals surface area (Å²) in [5, 5.41) is 0. The van der Waals surface area contributed by atoms with E-state index in [-0.39, 0.29) is 11.4 Å². The van der Waals surface area contributed by atoms with Gasteiger partial charge in [-0.05, 0) is 48.4 Å². The first-order valence-corrected chi connectivity index (χ1v) is 11.9. The molecule has 0 saturated heterocycles. The summed E-state index contributed by atoms with van der Waals surface area (Å²) in [7, 11) is 1.32. The Balaban J connectivity index is 1.65. The zero-order valence-electron chi connectivity index (χ0n) is 19.0. The highest BCUT2D eigenvalue weighted by Crippen LogP contribution is 2.31. The van der Waals surface area contributed by atoms with Crippen molar-refractivity contribution >= 4 is 23.4 Å². The van der Waals surface area contributed by atoms with Crippen molar-refractivity contribution < 1.29 is 18.3 Å². The van der Waals surface area contributed by atoms with Crippen LogP contribution >= 0.6 is 11.3 Å². The second-order valence-electron chi connectivity index (χ2n) is 7.91. The SMILES string of the molecule is CCC1=C(C(=O)OC)[C@@H](c2ccccc2)n2c(s/c(=C\c3ccc(-c4ccc(F)cc4)o3)c2=O)=N1. The number of allylic oxidation sites excluding steroid dienone is 1. The minimum atomic E-state index is -0.650. The Morgan fingerprint density at radius 2 is 1.89 bits per heavy atom. The number of hydrogen-bond donors (Lipinski definition) is 0. The number of carbonyl (C=O) groups excluding carboxylic acids is 1. The molecule has 0 amide bonds. The molecule has 1 atom stereocenters. The van der Waals surface area contributed by atoms with Gasteiger partial charge in [0.1, 0.15) is 17.3 Å². The van der Waals surface area contributed by atoms with Gasteiger partial charge < -0.3 is 9.15 Å². The highest BCUT2D eigenvalue weighted by atomic mass is 32.1. The topological polar surface area (TPSA) is 73.8 Å². The van der Waals surface area contributed by atoms with Crippen LogP contribution in [-0.4, -0.2) is 17.6 Å². The van der Waals surface area contributed by atoms with Gasteiger partial charge in [-0.15, -0.1) is 0 Å². The molecule has 6 nitrogen and oxygen atoms in total. The van der Waals surface area contributed by atoms with E-state index >= 15 is 0 Å². The fraction of sp³-hybridized carbons (Fsp3) is 0.148. The number of methoxy groups -OCH3 is 1. The summed E-state index contributed by atoms with van der Waals surface area (Å²) in [5.41, 5.74) is 2.19. The highest BCUT2D eigenvalue weighted by Gasteiger charge is 2.33. The maximum Gasteiger partial charge on any atom is 0.338 e. The van der Waals surface area contributed by atoms with Crippen LogP contribution in [-0.2, 0) is 9.53 Å². The van der Waals surface area contributed by atoms with Gasteiger partial charge in [0.2, 0.25) is 0 Å². The predicted molar refractivity (Wildman–Crippen MR) is 131 cm³/mol. The van der Waals surface area contributed by atoms with Gasteiger partial charge in [0.15, 0.2) is 4.80 Å². The molecular formula is C27H21FN2O4S. The van der Waals surface area contributed by atoms with Crippen LogP contribution in [0.5, 0.6) is 0 Å². The lowest BCUT2D eigenvalue weighted by molar-refractivity contribution is -0.136. The van der Waals surface area contributed by atoms with Crippen LogP contribution in [0.15, 0.2) is 92.2 Å². The Morgan fingerprint density at radius 1 is 1.14 bits per heavy atom. The number of rotatable bonds is 5. The van der Waals surface area contributed by atoms with E-state index in [2.05, 4.69) is 4.99 Å². The number of ether oxygens (including phenoxy) is 1. The Bertz CT molecular complexity index is 1610. The van der Waals surface area contributed by atoms with Gasteiger partial charge in [0.25, 0.3) is 5.56 Å². The van der Waals surface area contributed by atoms with E-state index in [9.17, 15) is 14.0 Å². The van der Waals surface area contributed by atoms with Crippen LogP contribution in [0.1, 0.15) is 30.7 Å². The third-order valence-corrected chi connectivity index (χ3v) is 6.78. The number of hydrogen-bond acceptors (Lipinski definition) is 6. The molecule has 0 radical (unpaired) electrons. The van der Waals surface area contributed by atoms with Gasteiger partial charge in [-0.1, -0.05) is 48.6 Å². The number of thiazole rings is 1. The molecule has 0 aliphatic carbocycles. The van der Waals surface area contributed by atoms with E-state index < -0.39 is 12.0 Å². The van der Waals surface area contributed by atoms with E-state index in [0.29, 0.717) is 38.5 Å². The molecule has 2 aromatic carbocycles. The van der Waals surface area contributed by atoms with Crippen LogP contribution < -0.4 is 14.9 Å². The smallest absolute Gasteiger partial charge is 0.338 e. The number of nitrogens with zero attached hydrogens (tertiary/aromatic N) is 2. The molecule has 4 aromatic rings. The monoisotopic (exact) mass is 488 g/mol. The van der Waals surface area contributed by atoms with E-state index in [0.717, 1.165) is 11.1 Å². The summed E-state index contributed by atoms with van der Waals surface area (Å²) < 4.78 is 26.2. The van der Waals surface area contributed by atoms with Crippen molar-refractivity contribution in [3.8, 4) is 11.3 Å². The largest absolute Gasteiger partial charge is 0.466 e. The van der Waals surface area contributed by atoms with Crippen LogP contribution in [0.2, 0.25) is 0 Å². The van der Waals surface area contributed by atoms with Crippen LogP contribution in [0, 0.1) is 5.82 Å². The van der Waals surface area contributed by atoms with E-state index in [1.54, 1.807) is 34.9 Å². The summed E-state index contributed by atoms with van der Waals surface area (Å²) in [6, 6.07) is 18.2. The van der Waals surface area contributed by atoms with Crippen molar-refractivity contribution in [2.45, 2.75) is 19.4 Å². The number of furan rings is 1. The van der Waals surface area contributed by atoms with Crippen LogP contribution in [0.25, 0.3) is 17.4 Å². The minimum absolute atomic E-state index is 0.279. The van der Waals surface area contributed by atoms with Gasteiger partial charge >= 0.3 is 5.97 Å². The van der Waals surface area contributed by atoms with Crippen molar-refractivity contribution in [2.75, 3.05) is 7.11 Å². The zero-order chi connectivity index (χ0) is 24.5. The number of benzene rings is 2. The summed E-state index contributed by atoms with van der Waals surface area (Å²) in [5.74, 6) is 0.206. The molecule has 1 aliphatic heterocycles. The Morgan fingerprint density at radius 3 is 2.57 bits per heavy atom. The quantitative estimate of drug-likeness (QED) is 0.395. The number of halogens is 1. The number of esters is 1. The normalized spacial score (nSPS) is 15.6. The molecule has 2 aromatic heterocycles. The maximum atomic E-state index is 13.6. The summed E-state index contributed by atoms with van der Waals surface area (Å²) >= 11 is 1.24. The number of fused-ring (bicyclic) bond motifs is 1. The Kier molecular flexibility index (Phi) is 6.05. The van der Waals surface area contributed by atoms with Crippen molar-refractivity contribution in [1.82, 2.24) is 4.57 Å². The molecule has 1 aliphatic rings. The lowest BCUT2D eigenvalue weighted by Crippen LogP contribution is -2.40. The summed E-state index contributed by atoms with van der Waals surface area (Å²) in [6.45, 7) is 1.91. The summed E-state index contributed by atoms with van der Waals surface area (Å²) in [4.78, 5) is 31.5. The van der Waals surface area contributed by atoms with Crippen molar-refractivity contribution in [2.24, 2.45) is 4.99 Å². The van der Waals surface area contributed by atoms with Gasteiger partial charge in [-0.2, -0.15) is 0 Å². The Hall–Kier alpha value is -4.04. The van der Waals surface area contributed by atoms with E-state index in [4.69, 9.17) is 9.15 Å². The van der Waals surface area contributed by atoms with Crippen LogP contribution in [0.3, 0.4) is 0 Å². The van der Waals surface area contributed by atoms with E-state index in [1.807, 2.05) is 37.3 Å². The molecule has 0 fully saturated rings. The van der Waals surface area contributed by atoms with E-state index in [1.165, 1.54) is 30.6 Å². The van der Waals surface area contributed by atoms with Gasteiger partial charge in [0, 0.05) is 11.6 Å². The molecule has 3 heterocycles. The molecule has 0 spiro atoms. The maximum absolute atomic E-state index is 13.6. The third kappa shape index (κ3) is 4.17. The minimum Gasteiger partial charge on any atom is -0.466 e. The lowest BCUT2D eigenvalue weighted by atomic mass is 9.95. The second kappa shape index (κ2) is 9.31. The number of aromatic nitrogens is 1. The predicted octanol–water partition coefficient (Wildman–Crippen LogP) is 4.20. The fourth-order valence-electron chi connectivity index (χ4n) is 4.14. The molecular weight excluding hydrogens is 467 g/mol. The van der Waals surface area contributed by atoms with Crippen LogP contribution in [0.4, 0.5) is 4.39 Å². The molecule has 0 N–H and O–H groups in total. The first kappa shape index (κ1) is 22.7. The van der Waals surface area contributed by atoms with Crippen molar-refractivity contribution in [1.29, 1.82) is 0 Å². The third-order valence-electron chi connectivity index (χ3n) is 5.79.